The highest BCUT2D eigenvalue weighted by Gasteiger charge is 2.27. The van der Waals surface area contributed by atoms with Crippen molar-refractivity contribution < 1.29 is 0 Å². The van der Waals surface area contributed by atoms with Crippen molar-refractivity contribution in [2.75, 3.05) is 0 Å². The van der Waals surface area contributed by atoms with Crippen LogP contribution in [-0.2, 0) is 12.8 Å². The number of rotatable bonds is 0. The smallest absolute Gasteiger partial charge is 0.00132 e. The Morgan fingerprint density at radius 2 is 0.821 bits per heavy atom. The summed E-state index contributed by atoms with van der Waals surface area (Å²) in [7, 11) is 0. The van der Waals surface area contributed by atoms with Gasteiger partial charge >= 0.3 is 0 Å². The van der Waals surface area contributed by atoms with E-state index in [9.17, 15) is 0 Å². The fourth-order valence-electron chi connectivity index (χ4n) is 5.58. The van der Waals surface area contributed by atoms with Gasteiger partial charge in [0.05, 0.1) is 0 Å². The summed E-state index contributed by atoms with van der Waals surface area (Å²) in [4.78, 5) is 0. The first kappa shape index (κ1) is 14.6. The molecule has 0 fully saturated rings. The van der Waals surface area contributed by atoms with Crippen LogP contribution in [0.25, 0.3) is 43.8 Å². The predicted molar refractivity (Wildman–Crippen MR) is 118 cm³/mol. The first-order valence-corrected chi connectivity index (χ1v) is 10.1. The Kier molecular flexibility index (Phi) is 2.67. The zero-order valence-corrected chi connectivity index (χ0v) is 15.5. The van der Waals surface area contributed by atoms with E-state index in [4.69, 9.17) is 0 Å². The first-order valence-electron chi connectivity index (χ1n) is 10.1. The highest BCUT2D eigenvalue weighted by atomic mass is 14.3. The minimum atomic E-state index is 1.02. The molecule has 0 bridgehead atoms. The molecule has 0 spiro atoms. The average Bonchev–Trinajstić information content (AvgIpc) is 2.75. The second kappa shape index (κ2) is 5.11. The molecule has 0 aliphatic heterocycles. The summed E-state index contributed by atoms with van der Waals surface area (Å²) in [5, 5.41) is 5.73. The van der Waals surface area contributed by atoms with E-state index in [0.717, 1.165) is 12.8 Å². The van der Waals surface area contributed by atoms with E-state index >= 15 is 0 Å². The second-order valence-corrected chi connectivity index (χ2v) is 8.10. The lowest BCUT2D eigenvalue weighted by molar-refractivity contribution is 1.19. The summed E-state index contributed by atoms with van der Waals surface area (Å²) in [5.41, 5.74) is 11.5. The minimum Gasteiger partial charge on any atom is -0.0619 e. The van der Waals surface area contributed by atoms with E-state index in [1.54, 1.807) is 0 Å². The fraction of sp³-hybridized carbons (Fsp3) is 0.0714. The molecule has 2 aliphatic rings. The molecule has 5 aromatic carbocycles. The molecule has 0 saturated carbocycles. The molecule has 0 nitrogen and oxygen atoms in total. The van der Waals surface area contributed by atoms with Gasteiger partial charge in [-0.1, -0.05) is 84.9 Å². The quantitative estimate of drug-likeness (QED) is 0.254. The minimum absolute atomic E-state index is 1.02. The van der Waals surface area contributed by atoms with Gasteiger partial charge < -0.3 is 0 Å². The Bertz CT molecular complexity index is 1340. The molecule has 5 aromatic rings. The van der Waals surface area contributed by atoms with Crippen molar-refractivity contribution in [1.82, 2.24) is 0 Å². The molecule has 0 atom stereocenters. The third-order valence-corrected chi connectivity index (χ3v) is 6.68. The fourth-order valence-corrected chi connectivity index (χ4v) is 5.58. The van der Waals surface area contributed by atoms with Crippen molar-refractivity contribution >= 4 is 21.5 Å². The number of hydrogen-bond donors (Lipinski definition) is 0. The van der Waals surface area contributed by atoms with E-state index in [-0.39, 0.29) is 0 Å². The van der Waals surface area contributed by atoms with E-state index in [1.807, 2.05) is 0 Å². The van der Waals surface area contributed by atoms with Crippen LogP contribution in [-0.4, -0.2) is 0 Å². The normalized spacial score (nSPS) is 13.4. The lowest BCUT2D eigenvalue weighted by atomic mass is 9.74. The summed E-state index contributed by atoms with van der Waals surface area (Å²) in [6, 6.07) is 31.7. The van der Waals surface area contributed by atoms with E-state index in [1.165, 1.54) is 66.1 Å². The average molecular weight is 354 g/mol. The third kappa shape index (κ3) is 1.71. The van der Waals surface area contributed by atoms with Gasteiger partial charge in [0, 0.05) is 0 Å². The van der Waals surface area contributed by atoms with Crippen molar-refractivity contribution in [3.8, 4) is 22.3 Å². The first-order chi connectivity index (χ1) is 13.9. The summed E-state index contributed by atoms with van der Waals surface area (Å²) in [6.45, 7) is 0. The van der Waals surface area contributed by atoms with E-state index < -0.39 is 0 Å². The number of benzene rings is 5. The van der Waals surface area contributed by atoms with Crippen LogP contribution in [0.15, 0.2) is 84.9 Å². The highest BCUT2D eigenvalue weighted by Crippen LogP contribution is 2.51. The van der Waals surface area contributed by atoms with Gasteiger partial charge in [-0.2, -0.15) is 0 Å². The van der Waals surface area contributed by atoms with Gasteiger partial charge in [0.25, 0.3) is 0 Å². The Morgan fingerprint density at radius 1 is 0.393 bits per heavy atom. The molecule has 0 N–H and O–H groups in total. The van der Waals surface area contributed by atoms with Crippen LogP contribution in [0, 0.1) is 0 Å². The van der Waals surface area contributed by atoms with Gasteiger partial charge in [-0.3, -0.25) is 0 Å². The molecule has 0 radical (unpaired) electrons. The summed E-state index contributed by atoms with van der Waals surface area (Å²) < 4.78 is 0. The van der Waals surface area contributed by atoms with Crippen LogP contribution in [0.2, 0.25) is 0 Å². The summed E-state index contributed by atoms with van der Waals surface area (Å²) >= 11 is 0. The standard InChI is InChI=1S/C28H18/c1-3-11-21-17(7-1)15-19-9-5-14-24-25(19)27(21)23-13-6-10-20-16-18-8-2-4-12-22(18)28(24)26(20)23/h1-14H,15-16H2. The van der Waals surface area contributed by atoms with E-state index in [2.05, 4.69) is 84.9 Å². The van der Waals surface area contributed by atoms with Gasteiger partial charge in [0.2, 0.25) is 0 Å². The molecule has 0 heterocycles. The van der Waals surface area contributed by atoms with Crippen molar-refractivity contribution in [2.24, 2.45) is 0 Å². The van der Waals surface area contributed by atoms with Crippen molar-refractivity contribution in [1.29, 1.82) is 0 Å². The highest BCUT2D eigenvalue weighted by molar-refractivity contribution is 6.24. The van der Waals surface area contributed by atoms with Crippen molar-refractivity contribution in [2.45, 2.75) is 12.8 Å². The number of hydrogen-bond acceptors (Lipinski definition) is 0. The molecule has 0 heteroatoms. The molecule has 130 valence electrons. The second-order valence-electron chi connectivity index (χ2n) is 8.10. The van der Waals surface area contributed by atoms with Crippen molar-refractivity contribution in [3.63, 3.8) is 0 Å². The molecule has 7 rings (SSSR count). The molecule has 0 saturated heterocycles. The van der Waals surface area contributed by atoms with Gasteiger partial charge in [-0.15, -0.1) is 0 Å². The lowest BCUT2D eigenvalue weighted by Gasteiger charge is -2.28. The topological polar surface area (TPSA) is 0 Å². The SMILES string of the molecule is c1ccc2c(c1)Cc1cccc3c4c5c(cccc5c-2c13)Cc1ccccc1-4. The maximum absolute atomic E-state index is 2.34. The van der Waals surface area contributed by atoms with Crippen LogP contribution in [0.4, 0.5) is 0 Å². The van der Waals surface area contributed by atoms with Crippen LogP contribution in [0.1, 0.15) is 22.3 Å². The molecule has 28 heavy (non-hydrogen) atoms. The molecule has 0 unspecified atom stereocenters. The van der Waals surface area contributed by atoms with Crippen LogP contribution >= 0.6 is 0 Å². The van der Waals surface area contributed by atoms with Gasteiger partial charge in [0.15, 0.2) is 0 Å². The third-order valence-electron chi connectivity index (χ3n) is 6.68. The zero-order chi connectivity index (χ0) is 18.2. The predicted octanol–water partition coefficient (Wildman–Crippen LogP) is 7.14. The molecular formula is C28H18. The zero-order valence-electron chi connectivity index (χ0n) is 15.5. The van der Waals surface area contributed by atoms with Gasteiger partial charge in [-0.05, 0) is 78.9 Å². The lowest BCUT2D eigenvalue weighted by Crippen LogP contribution is -2.06. The Labute approximate surface area is 164 Å². The molecule has 0 aromatic heterocycles. The van der Waals surface area contributed by atoms with Gasteiger partial charge in [-0.25, -0.2) is 0 Å². The molecule has 2 aliphatic carbocycles. The summed E-state index contributed by atoms with van der Waals surface area (Å²) in [5.74, 6) is 0. The molecular weight excluding hydrogens is 336 g/mol. The molecule has 0 amide bonds. The Balaban J connectivity index is 1.81. The largest absolute Gasteiger partial charge is 0.0619 e. The maximum atomic E-state index is 2.34. The number of fused-ring (bicyclic) bond motifs is 6. The van der Waals surface area contributed by atoms with Crippen LogP contribution in [0.3, 0.4) is 0 Å². The van der Waals surface area contributed by atoms with Gasteiger partial charge in [0.1, 0.15) is 0 Å². The van der Waals surface area contributed by atoms with Crippen LogP contribution < -0.4 is 0 Å². The monoisotopic (exact) mass is 354 g/mol. The summed E-state index contributed by atoms with van der Waals surface area (Å²) in [6.07, 6.45) is 2.04. The van der Waals surface area contributed by atoms with Crippen molar-refractivity contribution in [3.05, 3.63) is 107 Å². The van der Waals surface area contributed by atoms with Crippen LogP contribution in [0.5, 0.6) is 0 Å². The Hall–Kier alpha value is -3.38. The maximum Gasteiger partial charge on any atom is -0.00132 e. The Morgan fingerprint density at radius 3 is 1.32 bits per heavy atom. The van der Waals surface area contributed by atoms with E-state index in [0.29, 0.717) is 0 Å².